The van der Waals surface area contributed by atoms with Gasteiger partial charge in [-0.25, -0.2) is 0 Å². The van der Waals surface area contributed by atoms with Crippen LogP contribution in [0.2, 0.25) is 0 Å². The van der Waals surface area contributed by atoms with E-state index >= 15 is 0 Å². The average molecular weight is 217 g/mol. The lowest BCUT2D eigenvalue weighted by molar-refractivity contribution is 0.461. The van der Waals surface area contributed by atoms with E-state index < -0.39 is 0 Å². The molecule has 88 valence electrons. The van der Waals surface area contributed by atoms with Gasteiger partial charge < -0.3 is 5.32 Å². The lowest BCUT2D eigenvalue weighted by Gasteiger charge is -2.12. The standard InChI is InChI=1S/C15H23N/c1-11-4-5-15(12(2)8-11)10-16-9-13(3)14-6-7-14/h4-5,8,13-14,16H,6-7,9-10H2,1-3H3. The summed E-state index contributed by atoms with van der Waals surface area (Å²) in [6, 6.07) is 6.72. The van der Waals surface area contributed by atoms with Gasteiger partial charge in [0.25, 0.3) is 0 Å². The molecule has 0 saturated heterocycles. The largest absolute Gasteiger partial charge is 0.312 e. The SMILES string of the molecule is Cc1ccc(CNCC(C)C2CC2)c(C)c1. The second kappa shape index (κ2) is 5.01. The molecule has 0 bridgehead atoms. The molecule has 1 fully saturated rings. The van der Waals surface area contributed by atoms with E-state index in [2.05, 4.69) is 44.3 Å². The summed E-state index contributed by atoms with van der Waals surface area (Å²) < 4.78 is 0. The summed E-state index contributed by atoms with van der Waals surface area (Å²) in [5.74, 6) is 1.86. The summed E-state index contributed by atoms with van der Waals surface area (Å²) in [7, 11) is 0. The van der Waals surface area contributed by atoms with Crippen molar-refractivity contribution in [2.24, 2.45) is 11.8 Å². The van der Waals surface area contributed by atoms with Crippen molar-refractivity contribution < 1.29 is 0 Å². The Morgan fingerprint density at radius 1 is 1.31 bits per heavy atom. The second-order valence-electron chi connectivity index (χ2n) is 5.38. The van der Waals surface area contributed by atoms with E-state index in [0.717, 1.165) is 24.9 Å². The minimum absolute atomic E-state index is 0.853. The smallest absolute Gasteiger partial charge is 0.0208 e. The highest BCUT2D eigenvalue weighted by Crippen LogP contribution is 2.36. The van der Waals surface area contributed by atoms with Gasteiger partial charge in [-0.05, 0) is 56.2 Å². The average Bonchev–Trinajstić information content (AvgIpc) is 3.04. The molecular formula is C15H23N. The van der Waals surface area contributed by atoms with Gasteiger partial charge in [0.1, 0.15) is 0 Å². The number of rotatable bonds is 5. The van der Waals surface area contributed by atoms with Crippen LogP contribution in [0.15, 0.2) is 18.2 Å². The van der Waals surface area contributed by atoms with Crippen molar-refractivity contribution in [1.82, 2.24) is 5.32 Å². The van der Waals surface area contributed by atoms with Gasteiger partial charge in [0.15, 0.2) is 0 Å². The molecule has 16 heavy (non-hydrogen) atoms. The molecule has 1 aromatic carbocycles. The van der Waals surface area contributed by atoms with Crippen molar-refractivity contribution in [3.63, 3.8) is 0 Å². The van der Waals surface area contributed by atoms with Crippen molar-refractivity contribution in [2.45, 2.75) is 40.2 Å². The zero-order valence-electron chi connectivity index (χ0n) is 10.7. The summed E-state index contributed by atoms with van der Waals surface area (Å²) in [4.78, 5) is 0. The number of aryl methyl sites for hydroxylation is 2. The fourth-order valence-corrected chi connectivity index (χ4v) is 2.31. The van der Waals surface area contributed by atoms with Crippen LogP contribution in [-0.4, -0.2) is 6.54 Å². The molecule has 1 aliphatic rings. The Bertz CT molecular complexity index is 352. The predicted molar refractivity (Wildman–Crippen MR) is 69.5 cm³/mol. The van der Waals surface area contributed by atoms with Gasteiger partial charge >= 0.3 is 0 Å². The van der Waals surface area contributed by atoms with Crippen molar-refractivity contribution >= 4 is 0 Å². The number of hydrogen-bond donors (Lipinski definition) is 1. The Kier molecular flexibility index (Phi) is 3.65. The molecular weight excluding hydrogens is 194 g/mol. The van der Waals surface area contributed by atoms with Crippen LogP contribution >= 0.6 is 0 Å². The first-order chi connectivity index (χ1) is 7.66. The second-order valence-corrected chi connectivity index (χ2v) is 5.38. The summed E-state index contributed by atoms with van der Waals surface area (Å²) in [6.07, 6.45) is 2.90. The van der Waals surface area contributed by atoms with Crippen molar-refractivity contribution in [1.29, 1.82) is 0 Å². The highest BCUT2D eigenvalue weighted by molar-refractivity contribution is 5.30. The lowest BCUT2D eigenvalue weighted by Crippen LogP contribution is -2.22. The van der Waals surface area contributed by atoms with E-state index in [1.807, 2.05) is 0 Å². The topological polar surface area (TPSA) is 12.0 Å². The molecule has 1 unspecified atom stereocenters. The number of hydrogen-bond acceptors (Lipinski definition) is 1. The first-order valence-corrected chi connectivity index (χ1v) is 6.43. The fraction of sp³-hybridized carbons (Fsp3) is 0.600. The normalized spacial score (nSPS) is 17.4. The Hall–Kier alpha value is -0.820. The van der Waals surface area contributed by atoms with Crippen molar-refractivity contribution in [2.75, 3.05) is 6.54 Å². The molecule has 1 atom stereocenters. The van der Waals surface area contributed by atoms with E-state index in [4.69, 9.17) is 0 Å². The molecule has 0 aromatic heterocycles. The molecule has 0 heterocycles. The van der Waals surface area contributed by atoms with Gasteiger partial charge in [-0.3, -0.25) is 0 Å². The Morgan fingerprint density at radius 2 is 2.06 bits per heavy atom. The molecule has 0 amide bonds. The van der Waals surface area contributed by atoms with E-state index in [1.165, 1.54) is 29.5 Å². The van der Waals surface area contributed by atoms with Crippen LogP contribution in [0.25, 0.3) is 0 Å². The molecule has 2 rings (SSSR count). The molecule has 1 N–H and O–H groups in total. The van der Waals surface area contributed by atoms with Gasteiger partial charge in [-0.1, -0.05) is 30.7 Å². The van der Waals surface area contributed by atoms with E-state index in [0.29, 0.717) is 0 Å². The van der Waals surface area contributed by atoms with Gasteiger partial charge in [0.05, 0.1) is 0 Å². The summed E-state index contributed by atoms with van der Waals surface area (Å²) in [5.41, 5.74) is 4.20. The van der Waals surface area contributed by atoms with Crippen LogP contribution < -0.4 is 5.32 Å². The molecule has 1 aliphatic carbocycles. The number of nitrogens with one attached hydrogen (secondary N) is 1. The molecule has 1 nitrogen and oxygen atoms in total. The fourth-order valence-electron chi connectivity index (χ4n) is 2.31. The van der Waals surface area contributed by atoms with Gasteiger partial charge in [0.2, 0.25) is 0 Å². The maximum atomic E-state index is 3.58. The van der Waals surface area contributed by atoms with Crippen LogP contribution in [0.5, 0.6) is 0 Å². The first-order valence-electron chi connectivity index (χ1n) is 6.43. The third kappa shape index (κ3) is 3.08. The van der Waals surface area contributed by atoms with Crippen molar-refractivity contribution in [3.05, 3.63) is 34.9 Å². The van der Waals surface area contributed by atoms with Crippen LogP contribution in [-0.2, 0) is 6.54 Å². The van der Waals surface area contributed by atoms with E-state index in [1.54, 1.807) is 0 Å². The van der Waals surface area contributed by atoms with E-state index in [-0.39, 0.29) is 0 Å². The molecule has 0 radical (unpaired) electrons. The Morgan fingerprint density at radius 3 is 2.69 bits per heavy atom. The van der Waals surface area contributed by atoms with Crippen molar-refractivity contribution in [3.8, 4) is 0 Å². The minimum Gasteiger partial charge on any atom is -0.312 e. The summed E-state index contributed by atoms with van der Waals surface area (Å²) >= 11 is 0. The maximum absolute atomic E-state index is 3.58. The van der Waals surface area contributed by atoms with Gasteiger partial charge in [0, 0.05) is 6.54 Å². The monoisotopic (exact) mass is 217 g/mol. The lowest BCUT2D eigenvalue weighted by atomic mass is 10.0. The third-order valence-electron chi connectivity index (χ3n) is 3.71. The first kappa shape index (κ1) is 11.7. The summed E-state index contributed by atoms with van der Waals surface area (Å²) in [6.45, 7) is 8.90. The van der Waals surface area contributed by atoms with Gasteiger partial charge in [-0.15, -0.1) is 0 Å². The molecule has 0 aliphatic heterocycles. The molecule has 1 heteroatoms. The maximum Gasteiger partial charge on any atom is 0.0208 e. The van der Waals surface area contributed by atoms with E-state index in [9.17, 15) is 0 Å². The highest BCUT2D eigenvalue weighted by atomic mass is 14.9. The zero-order chi connectivity index (χ0) is 11.5. The minimum atomic E-state index is 0.853. The molecule has 1 aromatic rings. The quantitative estimate of drug-likeness (QED) is 0.796. The number of benzene rings is 1. The Balaban J connectivity index is 1.80. The molecule has 1 saturated carbocycles. The van der Waals surface area contributed by atoms with Crippen LogP contribution in [0.4, 0.5) is 0 Å². The molecule has 0 spiro atoms. The highest BCUT2D eigenvalue weighted by Gasteiger charge is 2.27. The van der Waals surface area contributed by atoms with Crippen LogP contribution in [0.3, 0.4) is 0 Å². The Labute approximate surface area is 99.3 Å². The van der Waals surface area contributed by atoms with Gasteiger partial charge in [-0.2, -0.15) is 0 Å². The summed E-state index contributed by atoms with van der Waals surface area (Å²) in [5, 5.41) is 3.58. The van der Waals surface area contributed by atoms with Crippen LogP contribution in [0.1, 0.15) is 36.5 Å². The predicted octanol–water partition coefficient (Wildman–Crippen LogP) is 3.44. The third-order valence-corrected chi connectivity index (χ3v) is 3.71. The zero-order valence-corrected chi connectivity index (χ0v) is 10.7. The van der Waals surface area contributed by atoms with Crippen LogP contribution in [0, 0.1) is 25.7 Å².